The highest BCUT2D eigenvalue weighted by molar-refractivity contribution is 5.03. The minimum absolute atomic E-state index is 0.0752. The fraction of sp³-hybridized carbons (Fsp3) is 0.714. The molecule has 0 aliphatic carbocycles. The minimum atomic E-state index is -0.0752. The highest BCUT2D eigenvalue weighted by Crippen LogP contribution is 2.20. The van der Waals surface area contributed by atoms with Crippen molar-refractivity contribution >= 4 is 0 Å². The largest absolute Gasteiger partial charge is 0.381 e. The summed E-state index contributed by atoms with van der Waals surface area (Å²) < 4.78 is 5.38. The Morgan fingerprint density at radius 1 is 1.53 bits per heavy atom. The zero-order chi connectivity index (χ0) is 13.8. The maximum Gasteiger partial charge on any atom is 0.251 e. The molecule has 1 atom stereocenters. The van der Waals surface area contributed by atoms with Gasteiger partial charge in [-0.2, -0.15) is 0 Å². The van der Waals surface area contributed by atoms with Gasteiger partial charge in [-0.1, -0.05) is 0 Å². The van der Waals surface area contributed by atoms with Crippen molar-refractivity contribution in [3.63, 3.8) is 0 Å². The van der Waals surface area contributed by atoms with Crippen LogP contribution in [0.15, 0.2) is 10.9 Å². The molecule has 1 saturated heterocycles. The number of nitrogens with zero attached hydrogens (tertiary/aromatic N) is 2. The van der Waals surface area contributed by atoms with E-state index in [1.807, 2.05) is 6.92 Å². The van der Waals surface area contributed by atoms with Crippen LogP contribution >= 0.6 is 0 Å². The van der Waals surface area contributed by atoms with E-state index in [0.29, 0.717) is 5.92 Å². The van der Waals surface area contributed by atoms with E-state index in [2.05, 4.69) is 28.8 Å². The second-order valence-corrected chi connectivity index (χ2v) is 5.44. The Hall–Kier alpha value is -1.20. The maximum atomic E-state index is 11.5. The first-order valence-corrected chi connectivity index (χ1v) is 6.92. The predicted octanol–water partition coefficient (Wildman–Crippen LogP) is 1.50. The first-order valence-electron chi connectivity index (χ1n) is 6.92. The number of hydrogen-bond acceptors (Lipinski definition) is 4. The molecule has 5 nitrogen and oxygen atoms in total. The highest BCUT2D eigenvalue weighted by atomic mass is 16.5. The number of hydrogen-bond donors (Lipinski definition) is 1. The third kappa shape index (κ3) is 3.88. The highest BCUT2D eigenvalue weighted by Gasteiger charge is 2.20. The van der Waals surface area contributed by atoms with Crippen molar-refractivity contribution in [2.24, 2.45) is 5.92 Å². The zero-order valence-corrected chi connectivity index (χ0v) is 12.0. The molecule has 1 unspecified atom stereocenters. The van der Waals surface area contributed by atoms with E-state index in [1.54, 1.807) is 0 Å². The summed E-state index contributed by atoms with van der Waals surface area (Å²) in [4.78, 5) is 21.0. The van der Waals surface area contributed by atoms with Gasteiger partial charge in [0, 0.05) is 31.5 Å². The summed E-state index contributed by atoms with van der Waals surface area (Å²) in [5.74, 6) is 1.43. The molecule has 2 rings (SSSR count). The summed E-state index contributed by atoms with van der Waals surface area (Å²) in [7, 11) is 2.09. The second kappa shape index (κ2) is 6.30. The van der Waals surface area contributed by atoms with Crippen molar-refractivity contribution in [2.75, 3.05) is 26.8 Å². The average Bonchev–Trinajstić information content (AvgIpc) is 2.37. The summed E-state index contributed by atoms with van der Waals surface area (Å²) in [6.45, 7) is 6.68. The molecule has 0 radical (unpaired) electrons. The van der Waals surface area contributed by atoms with Crippen LogP contribution in [0.25, 0.3) is 0 Å². The first kappa shape index (κ1) is 14.2. The van der Waals surface area contributed by atoms with Crippen molar-refractivity contribution in [2.45, 2.75) is 32.7 Å². The van der Waals surface area contributed by atoms with Crippen molar-refractivity contribution < 1.29 is 4.74 Å². The predicted molar refractivity (Wildman–Crippen MR) is 74.2 cm³/mol. The van der Waals surface area contributed by atoms with Crippen LogP contribution in [0.4, 0.5) is 0 Å². The smallest absolute Gasteiger partial charge is 0.251 e. The van der Waals surface area contributed by atoms with Gasteiger partial charge in [0.15, 0.2) is 0 Å². The van der Waals surface area contributed by atoms with Crippen LogP contribution in [-0.2, 0) is 4.74 Å². The molecule has 1 fully saturated rings. The monoisotopic (exact) mass is 265 g/mol. The third-order valence-corrected chi connectivity index (χ3v) is 3.83. The van der Waals surface area contributed by atoms with Gasteiger partial charge in [-0.3, -0.25) is 9.69 Å². The first-order chi connectivity index (χ1) is 9.06. The van der Waals surface area contributed by atoms with Crippen LogP contribution < -0.4 is 5.56 Å². The lowest BCUT2D eigenvalue weighted by atomic mass is 9.99. The Labute approximate surface area is 114 Å². The molecule has 1 aromatic rings. The van der Waals surface area contributed by atoms with Gasteiger partial charge in [0.1, 0.15) is 5.82 Å². The molecule has 5 heteroatoms. The second-order valence-electron chi connectivity index (χ2n) is 5.44. The lowest BCUT2D eigenvalue weighted by Crippen LogP contribution is -2.33. The Balaban J connectivity index is 2.01. The molecule has 1 aromatic heterocycles. The molecule has 2 heterocycles. The molecule has 1 aliphatic heterocycles. The number of aromatic nitrogens is 2. The van der Waals surface area contributed by atoms with Crippen LogP contribution in [0, 0.1) is 12.8 Å². The molecule has 0 amide bonds. The molecular weight excluding hydrogens is 242 g/mol. The van der Waals surface area contributed by atoms with Gasteiger partial charge in [0.2, 0.25) is 0 Å². The van der Waals surface area contributed by atoms with E-state index < -0.39 is 0 Å². The Morgan fingerprint density at radius 3 is 2.84 bits per heavy atom. The van der Waals surface area contributed by atoms with E-state index in [-0.39, 0.29) is 11.6 Å². The molecule has 0 saturated carbocycles. The van der Waals surface area contributed by atoms with Gasteiger partial charge in [-0.05, 0) is 39.7 Å². The zero-order valence-electron chi connectivity index (χ0n) is 12.0. The fourth-order valence-corrected chi connectivity index (χ4v) is 2.50. The Morgan fingerprint density at radius 2 is 2.21 bits per heavy atom. The molecular formula is C14H23N3O2. The normalized spacial score (nSPS) is 18.7. The fourth-order valence-electron chi connectivity index (χ4n) is 2.50. The number of ether oxygens (including phenoxy) is 1. The van der Waals surface area contributed by atoms with Crippen LogP contribution in [0.1, 0.15) is 37.3 Å². The lowest BCUT2D eigenvalue weighted by molar-refractivity contribution is 0.0508. The van der Waals surface area contributed by atoms with Gasteiger partial charge >= 0.3 is 0 Å². The molecule has 0 spiro atoms. The SMILES string of the molecule is Cc1cc(=O)[nH]c(C(C)N(C)CC2CCOCC2)n1. The summed E-state index contributed by atoms with van der Waals surface area (Å²) in [5.41, 5.74) is 0.693. The number of H-pyrrole nitrogens is 1. The van der Waals surface area contributed by atoms with E-state index >= 15 is 0 Å². The molecule has 0 bridgehead atoms. The van der Waals surface area contributed by atoms with Gasteiger partial charge in [-0.15, -0.1) is 0 Å². The summed E-state index contributed by atoms with van der Waals surface area (Å²) in [5, 5.41) is 0. The third-order valence-electron chi connectivity index (χ3n) is 3.83. The summed E-state index contributed by atoms with van der Waals surface area (Å²) >= 11 is 0. The van der Waals surface area contributed by atoms with Crippen LogP contribution in [0.5, 0.6) is 0 Å². The van der Waals surface area contributed by atoms with E-state index in [1.165, 1.54) is 6.07 Å². The van der Waals surface area contributed by atoms with Crippen LogP contribution in [-0.4, -0.2) is 41.7 Å². The number of nitrogens with one attached hydrogen (secondary N) is 1. The standard InChI is InChI=1S/C14H23N3O2/c1-10-8-13(18)16-14(15-10)11(2)17(3)9-12-4-6-19-7-5-12/h8,11-12H,4-7,9H2,1-3H3,(H,15,16,18). The molecule has 1 N–H and O–H groups in total. The topological polar surface area (TPSA) is 58.2 Å². The van der Waals surface area contributed by atoms with Gasteiger partial charge in [-0.25, -0.2) is 4.98 Å². The quantitative estimate of drug-likeness (QED) is 0.896. The minimum Gasteiger partial charge on any atom is -0.381 e. The molecule has 0 aromatic carbocycles. The summed E-state index contributed by atoms with van der Waals surface area (Å²) in [6, 6.07) is 1.64. The molecule has 106 valence electrons. The van der Waals surface area contributed by atoms with Crippen molar-refractivity contribution in [3.05, 3.63) is 27.9 Å². The molecule has 1 aliphatic rings. The lowest BCUT2D eigenvalue weighted by Gasteiger charge is -2.30. The molecule has 19 heavy (non-hydrogen) atoms. The summed E-state index contributed by atoms with van der Waals surface area (Å²) in [6.07, 6.45) is 2.24. The number of rotatable bonds is 4. The van der Waals surface area contributed by atoms with Crippen molar-refractivity contribution in [1.82, 2.24) is 14.9 Å². The van der Waals surface area contributed by atoms with E-state index in [9.17, 15) is 4.79 Å². The average molecular weight is 265 g/mol. The van der Waals surface area contributed by atoms with Crippen molar-refractivity contribution in [1.29, 1.82) is 0 Å². The number of aryl methyl sites for hydroxylation is 1. The Bertz CT molecular complexity index is 466. The van der Waals surface area contributed by atoms with Crippen LogP contribution in [0.2, 0.25) is 0 Å². The van der Waals surface area contributed by atoms with E-state index in [0.717, 1.165) is 44.1 Å². The van der Waals surface area contributed by atoms with Crippen LogP contribution in [0.3, 0.4) is 0 Å². The van der Waals surface area contributed by atoms with Gasteiger partial charge in [0.05, 0.1) is 6.04 Å². The number of aromatic amines is 1. The van der Waals surface area contributed by atoms with Crippen molar-refractivity contribution in [3.8, 4) is 0 Å². The van der Waals surface area contributed by atoms with Gasteiger partial charge < -0.3 is 9.72 Å². The van der Waals surface area contributed by atoms with Gasteiger partial charge in [0.25, 0.3) is 5.56 Å². The Kier molecular flexibility index (Phi) is 4.71. The maximum absolute atomic E-state index is 11.5. The van der Waals surface area contributed by atoms with E-state index in [4.69, 9.17) is 4.74 Å².